The van der Waals surface area contributed by atoms with Crippen LogP contribution in [0.2, 0.25) is 0 Å². The van der Waals surface area contributed by atoms with Gasteiger partial charge in [-0.2, -0.15) is 0 Å². The zero-order chi connectivity index (χ0) is 99.7. The summed E-state index contributed by atoms with van der Waals surface area (Å²) in [7, 11) is 0. The lowest BCUT2D eigenvalue weighted by molar-refractivity contribution is 0.0965. The summed E-state index contributed by atoms with van der Waals surface area (Å²) in [5.41, 5.74) is 19.9. The van der Waals surface area contributed by atoms with Crippen molar-refractivity contribution in [3.63, 3.8) is 0 Å². The molecule has 1 fully saturated rings. The number of fused-ring (bicyclic) bond motifs is 12. The first kappa shape index (κ1) is 104. The third kappa shape index (κ3) is 32.6. The van der Waals surface area contributed by atoms with Gasteiger partial charge in [-0.3, -0.25) is 4.79 Å². The molecule has 3 heterocycles. The first-order valence-electron chi connectivity index (χ1n) is 47.4. The topological polar surface area (TPSA) is 54.3 Å². The summed E-state index contributed by atoms with van der Waals surface area (Å²) < 4.78 is 2.00. The molecule has 7 aliphatic rings. The van der Waals surface area contributed by atoms with E-state index in [9.17, 15) is 4.79 Å². The zero-order valence-corrected chi connectivity index (χ0v) is 84.1. The Labute approximate surface area is 833 Å². The molecule has 0 spiro atoms. The fraction of sp³-hybridized carbons (Fsp3) is 0.316. The predicted octanol–water partition coefficient (Wildman–Crippen LogP) is 25.1. The molecule has 3 unspecified atom stereocenters. The number of hydrogen-bond donors (Lipinski definition) is 0. The van der Waals surface area contributed by atoms with Gasteiger partial charge >= 0.3 is 0 Å². The van der Waals surface area contributed by atoms with Gasteiger partial charge in [-0.15, -0.1) is 29.3 Å². The molecule has 139 heavy (non-hydrogen) atoms. The van der Waals surface area contributed by atoms with Gasteiger partial charge in [0.25, 0.3) is 5.91 Å². The smallest absolute Gasteiger partial charge is 0.260 e. The molecule has 6 heteroatoms. The van der Waals surface area contributed by atoms with Crippen LogP contribution in [0.25, 0.3) is 22.5 Å². The summed E-state index contributed by atoms with van der Waals surface area (Å²) in [6.45, 7) is 42.9. The van der Waals surface area contributed by atoms with E-state index >= 15 is 0 Å². The highest BCUT2D eigenvalue weighted by atomic mass is 16.2. The van der Waals surface area contributed by atoms with Crippen molar-refractivity contribution in [2.24, 2.45) is 39.9 Å². The Morgan fingerprint density at radius 2 is 0.763 bits per heavy atom. The third-order valence-electron chi connectivity index (χ3n) is 23.3. The first-order chi connectivity index (χ1) is 66.7. The summed E-state index contributed by atoms with van der Waals surface area (Å²) >= 11 is 0. The Hall–Kier alpha value is -16.6. The molecule has 0 bridgehead atoms. The van der Waals surface area contributed by atoms with E-state index in [2.05, 4.69) is 465 Å². The minimum absolute atomic E-state index is 0.000417. The number of amides is 1. The first-order valence-corrected chi connectivity index (χ1v) is 47.4. The van der Waals surface area contributed by atoms with E-state index in [0.29, 0.717) is 28.2 Å². The average molecular weight is 1800 g/mol. The summed E-state index contributed by atoms with van der Waals surface area (Å²) in [6.07, 6.45) is 18.9. The summed E-state index contributed by atoms with van der Waals surface area (Å²) in [4.78, 5) is 17.3. The molecule has 6 nitrogen and oxygen atoms in total. The van der Waals surface area contributed by atoms with Crippen LogP contribution in [0.15, 0.2) is 194 Å². The van der Waals surface area contributed by atoms with Gasteiger partial charge in [-0.05, 0) is 326 Å². The fourth-order valence-electron chi connectivity index (χ4n) is 16.6. The standard InChI is InChI=1S/C29H4.C20H17N3.C20H20.C19H17NO.C19H19N.C14H22.C12H20/c1-3-5-7-9-11-13-15-17-19-21-23-25-27-29-28-26-24-22-20-18-16-14-12-10-8-6-4-2;1-20(2,3)23-19-17-11-7-5-9-15(17)13-12-14-8-4-6-10-16(14)18(19)21-22-23;1-20(2,3)19-14-17-10-5-4-8-15(17)12-13-16-9-6-7-11-18(16)19;1-19(2,3)20-17-11-7-5-9-15(17)13-12-14-8-4-6-10-16(14)18(20)21;1-19(2,3)20-14-17-10-5-4-8-15(17)12-13-16-9-6-7-11-18(16)20;1-14(2,3)10-13-11-8-6-4-5-7-9-12(11)13;1-12(2,3)11-9-7-5-4-6-8-10-11/h1H,2H3;4-11H,1-3H3;4-11,19H,14H2,1-3H3;4-11H,1-3H3;4-11H,14H2,1-3H3;11-13H,6-10H2,1-3H3;11H,4-7,9H2,1-3H3/t;;;;;11-,12+,13?;. The maximum absolute atomic E-state index is 13.1. The third-order valence-corrected chi connectivity index (χ3v) is 23.3. The molecule has 16 rings (SSSR count). The van der Waals surface area contributed by atoms with Crippen molar-refractivity contribution in [2.75, 3.05) is 9.80 Å². The van der Waals surface area contributed by atoms with Crippen molar-refractivity contribution < 1.29 is 4.79 Å². The highest BCUT2D eigenvalue weighted by Crippen LogP contribution is 2.57. The summed E-state index contributed by atoms with van der Waals surface area (Å²) in [5, 5.41) is 8.97. The van der Waals surface area contributed by atoms with Gasteiger partial charge in [0.2, 0.25) is 0 Å². The molecule has 1 aromatic heterocycles. The van der Waals surface area contributed by atoms with Gasteiger partial charge in [0, 0.05) is 158 Å². The summed E-state index contributed by atoms with van der Waals surface area (Å²) in [6, 6.07) is 65.7. The zero-order valence-electron chi connectivity index (χ0n) is 84.1. The fourth-order valence-corrected chi connectivity index (χ4v) is 16.6. The van der Waals surface area contributed by atoms with E-state index in [1.807, 2.05) is 109 Å². The van der Waals surface area contributed by atoms with Gasteiger partial charge in [0.1, 0.15) is 5.69 Å². The van der Waals surface area contributed by atoms with E-state index < -0.39 is 0 Å². The Morgan fingerprint density at radius 1 is 0.367 bits per heavy atom. The highest BCUT2D eigenvalue weighted by Gasteiger charge is 2.49. The Kier molecular flexibility index (Phi) is 38.5. The number of nitrogens with zero attached hydrogens (tertiary/aromatic N) is 5. The van der Waals surface area contributed by atoms with E-state index in [1.165, 1.54) is 78.5 Å². The molecule has 682 valence electrons. The Bertz CT molecular complexity index is 7300. The molecule has 8 aromatic carbocycles. The number of benzene rings is 8. The monoisotopic (exact) mass is 1800 g/mol. The molecule has 5 aliphatic carbocycles. The van der Waals surface area contributed by atoms with Crippen molar-refractivity contribution in [3.05, 3.63) is 261 Å². The van der Waals surface area contributed by atoms with E-state index in [1.54, 1.807) is 6.92 Å². The van der Waals surface area contributed by atoms with Crippen molar-refractivity contribution in [2.45, 2.75) is 231 Å². The lowest BCUT2D eigenvalue weighted by Gasteiger charge is -2.39. The number of hydrogen-bond acceptors (Lipinski definition) is 4. The second kappa shape index (κ2) is 51.2. The number of aromatic nitrogens is 3. The van der Waals surface area contributed by atoms with Crippen LogP contribution in [0.3, 0.4) is 0 Å². The van der Waals surface area contributed by atoms with Crippen LogP contribution in [-0.4, -0.2) is 32.0 Å². The van der Waals surface area contributed by atoms with Crippen LogP contribution in [-0.2, 0) is 18.5 Å². The minimum Gasteiger partial charge on any atom is -0.361 e. The Morgan fingerprint density at radius 3 is 1.24 bits per heavy atom. The van der Waals surface area contributed by atoms with E-state index in [-0.39, 0.29) is 27.9 Å². The molecular formula is C133H119N5O. The number of anilines is 2. The highest BCUT2D eigenvalue weighted by molar-refractivity contribution is 6.09. The lowest BCUT2D eigenvalue weighted by Crippen LogP contribution is -2.46. The van der Waals surface area contributed by atoms with Gasteiger partial charge in [-0.25, -0.2) is 4.68 Å². The molecule has 2 aliphatic heterocycles. The largest absolute Gasteiger partial charge is 0.361 e. The second-order valence-electron chi connectivity index (χ2n) is 40.2. The van der Waals surface area contributed by atoms with Crippen LogP contribution in [0.5, 0.6) is 0 Å². The number of carbonyl (C=O) groups is 1. The SMILES string of the molecule is C#CC#CC#CC#CC#CC#CC#CC#CC#CC#CC#CC#CC#CC#CC.CC(C)(C)C1C#CCCCCC1.CC(C)(C)C1Cc2ccccc2C#Cc2ccccc21.CC(C)(C)CC1[C@H]2CCC#CCC[C@@H]12.CC(C)(C)N1C(=O)c2ccccc2C#Cc2ccccc21.CC(C)(C)N1Cc2ccccc2C#Cc2ccccc21.CC(C)(C)n1nnc2c1-c1ccccc1C#Cc1ccccc1-2. The molecule has 5 atom stereocenters. The molecule has 0 N–H and O–H groups in total. The van der Waals surface area contributed by atoms with E-state index in [0.717, 1.165) is 112 Å². The number of rotatable bonds is 1. The second-order valence-corrected chi connectivity index (χ2v) is 40.2. The van der Waals surface area contributed by atoms with Crippen molar-refractivity contribution in [3.8, 4) is 260 Å². The minimum atomic E-state index is -0.320. The average Bonchev–Trinajstić information content (AvgIpc) is 1.63. The number of carbonyl (C=O) groups excluding carboxylic acids is 1. The van der Waals surface area contributed by atoms with Gasteiger partial charge in [0.05, 0.1) is 28.2 Å². The van der Waals surface area contributed by atoms with Crippen molar-refractivity contribution in [1.82, 2.24) is 15.0 Å². The quantitative estimate of drug-likeness (QED) is 0.154. The molecule has 0 saturated heterocycles. The van der Waals surface area contributed by atoms with Gasteiger partial charge in [-0.1, -0.05) is 267 Å². The lowest BCUT2D eigenvalue weighted by atomic mass is 9.71. The van der Waals surface area contributed by atoms with Crippen LogP contribution >= 0.6 is 0 Å². The molecule has 9 aromatic rings. The molecular weight excluding hydrogens is 1680 g/mol. The predicted molar refractivity (Wildman–Crippen MR) is 577 cm³/mol. The molecule has 1 amide bonds. The van der Waals surface area contributed by atoms with Crippen LogP contribution in [0.4, 0.5) is 11.4 Å². The van der Waals surface area contributed by atoms with E-state index in [4.69, 9.17) is 6.42 Å². The maximum Gasteiger partial charge on any atom is 0.260 e. The van der Waals surface area contributed by atoms with Gasteiger partial charge in [0.15, 0.2) is 0 Å². The molecule has 0 radical (unpaired) electrons. The van der Waals surface area contributed by atoms with Crippen LogP contribution < -0.4 is 9.80 Å². The van der Waals surface area contributed by atoms with Gasteiger partial charge < -0.3 is 9.80 Å². The number of terminal acetylenes is 1. The van der Waals surface area contributed by atoms with Crippen molar-refractivity contribution >= 4 is 17.3 Å². The molecule has 1 saturated carbocycles. The van der Waals surface area contributed by atoms with Crippen LogP contribution in [0.1, 0.15) is 273 Å². The number of para-hydroxylation sites is 2. The van der Waals surface area contributed by atoms with Crippen LogP contribution in [0, 0.1) is 277 Å². The van der Waals surface area contributed by atoms with Crippen molar-refractivity contribution in [1.29, 1.82) is 0 Å². The Balaban J connectivity index is 0.000000169. The summed E-state index contributed by atoms with van der Waals surface area (Å²) in [5.74, 6) is 111. The normalized spacial score (nSPS) is 15.0. The maximum atomic E-state index is 13.1.